The number of hydrogen-bond donors (Lipinski definition) is 1. The summed E-state index contributed by atoms with van der Waals surface area (Å²) in [5.41, 5.74) is 0.598. The molecule has 4 rings (SSSR count). The monoisotopic (exact) mass is 477 g/mol. The molecule has 0 atom stereocenters. The van der Waals surface area contributed by atoms with Gasteiger partial charge in [0.25, 0.3) is 5.91 Å². The normalized spacial score (nSPS) is 14.0. The maximum absolute atomic E-state index is 12.7. The quantitative estimate of drug-likeness (QED) is 0.522. The number of aromatic nitrogens is 2. The van der Waals surface area contributed by atoms with Crippen molar-refractivity contribution < 1.29 is 14.0 Å². The van der Waals surface area contributed by atoms with Crippen LogP contribution in [0.3, 0.4) is 0 Å². The molecule has 1 aliphatic rings. The number of rotatable bonds is 7. The summed E-state index contributed by atoms with van der Waals surface area (Å²) in [6.07, 6.45) is 1.58. The van der Waals surface area contributed by atoms with E-state index in [1.54, 1.807) is 36.6 Å². The molecule has 0 radical (unpaired) electrons. The topological polar surface area (TPSA) is 91.6 Å². The lowest BCUT2D eigenvalue weighted by Crippen LogP contribution is -2.48. The van der Waals surface area contributed by atoms with Gasteiger partial charge in [0.2, 0.25) is 11.0 Å². The summed E-state index contributed by atoms with van der Waals surface area (Å²) in [5.74, 6) is 0.865. The van der Waals surface area contributed by atoms with Crippen molar-refractivity contribution in [3.8, 4) is 0 Å². The van der Waals surface area contributed by atoms with Crippen LogP contribution in [0.4, 0.5) is 5.13 Å². The number of furan rings is 1. The molecule has 31 heavy (non-hydrogen) atoms. The van der Waals surface area contributed by atoms with Crippen molar-refractivity contribution in [1.82, 2.24) is 20.4 Å². The zero-order valence-corrected chi connectivity index (χ0v) is 18.9. The van der Waals surface area contributed by atoms with E-state index >= 15 is 0 Å². The summed E-state index contributed by atoms with van der Waals surface area (Å²) in [7, 11) is 0. The van der Waals surface area contributed by atoms with Gasteiger partial charge in [-0.2, -0.15) is 0 Å². The van der Waals surface area contributed by atoms with Gasteiger partial charge in [0.05, 0.1) is 18.6 Å². The highest BCUT2D eigenvalue weighted by Gasteiger charge is 2.24. The van der Waals surface area contributed by atoms with Gasteiger partial charge in [-0.1, -0.05) is 40.8 Å². The van der Waals surface area contributed by atoms with E-state index in [-0.39, 0.29) is 17.6 Å². The van der Waals surface area contributed by atoms with Gasteiger partial charge in [-0.25, -0.2) is 0 Å². The van der Waals surface area contributed by atoms with Crippen LogP contribution in [0.25, 0.3) is 0 Å². The Labute approximate surface area is 192 Å². The van der Waals surface area contributed by atoms with Crippen molar-refractivity contribution in [3.05, 3.63) is 59.0 Å². The van der Waals surface area contributed by atoms with Crippen molar-refractivity contribution in [2.24, 2.45) is 0 Å². The van der Waals surface area contributed by atoms with Crippen molar-refractivity contribution in [2.45, 2.75) is 10.9 Å². The number of hydrogen-bond acceptors (Lipinski definition) is 8. The molecule has 3 heterocycles. The van der Waals surface area contributed by atoms with Crippen LogP contribution in [0.1, 0.15) is 16.1 Å². The van der Waals surface area contributed by atoms with E-state index < -0.39 is 0 Å². The van der Waals surface area contributed by atoms with Crippen LogP contribution in [-0.4, -0.2) is 58.8 Å². The summed E-state index contributed by atoms with van der Waals surface area (Å²) in [6.45, 7) is 2.92. The fourth-order valence-corrected chi connectivity index (χ4v) is 4.98. The lowest BCUT2D eigenvalue weighted by molar-refractivity contribution is -0.118. The van der Waals surface area contributed by atoms with Gasteiger partial charge >= 0.3 is 0 Å². The summed E-state index contributed by atoms with van der Waals surface area (Å²) in [4.78, 5) is 28.6. The van der Waals surface area contributed by atoms with E-state index in [1.807, 2.05) is 11.0 Å². The SMILES string of the molecule is O=C(CSc1nnc(N2CCN(C(=O)c3cccc(Cl)c3)CC2)s1)NCc1ccco1. The molecule has 8 nitrogen and oxygen atoms in total. The molecule has 3 aromatic rings. The third-order valence-electron chi connectivity index (χ3n) is 4.67. The average molecular weight is 478 g/mol. The molecule has 0 unspecified atom stereocenters. The van der Waals surface area contributed by atoms with Crippen LogP contribution >= 0.6 is 34.7 Å². The number of thioether (sulfide) groups is 1. The van der Waals surface area contributed by atoms with E-state index in [9.17, 15) is 9.59 Å². The smallest absolute Gasteiger partial charge is 0.254 e. The minimum atomic E-state index is -0.0914. The number of halogens is 1. The lowest BCUT2D eigenvalue weighted by Gasteiger charge is -2.34. The molecule has 0 aliphatic carbocycles. The van der Waals surface area contributed by atoms with E-state index in [1.165, 1.54) is 23.1 Å². The summed E-state index contributed by atoms with van der Waals surface area (Å²) in [6, 6.07) is 10.6. The molecule has 1 N–H and O–H groups in total. The predicted molar refractivity (Wildman–Crippen MR) is 121 cm³/mol. The van der Waals surface area contributed by atoms with Crippen LogP contribution in [0, 0.1) is 0 Å². The molecular weight excluding hydrogens is 458 g/mol. The standard InChI is InChI=1S/C20H20ClN5O3S2/c21-15-4-1-3-14(11-15)18(28)25-6-8-26(9-7-25)19-23-24-20(31-19)30-13-17(27)22-12-16-5-2-10-29-16/h1-5,10-11H,6-9,12-13H2,(H,22,27). The number of nitrogens with one attached hydrogen (secondary N) is 1. The number of benzene rings is 1. The van der Waals surface area contributed by atoms with E-state index in [0.29, 0.717) is 49.1 Å². The number of anilines is 1. The molecular formula is C20H20ClN5O3S2. The second-order valence-corrected chi connectivity index (χ2v) is 9.40. The van der Waals surface area contributed by atoms with Gasteiger partial charge in [-0.15, -0.1) is 10.2 Å². The van der Waals surface area contributed by atoms with Gasteiger partial charge < -0.3 is 19.5 Å². The van der Waals surface area contributed by atoms with E-state index in [2.05, 4.69) is 20.4 Å². The first-order valence-electron chi connectivity index (χ1n) is 9.63. The van der Waals surface area contributed by atoms with Crippen LogP contribution in [0.5, 0.6) is 0 Å². The number of piperazine rings is 1. The predicted octanol–water partition coefficient (Wildman–Crippen LogP) is 3.16. The largest absolute Gasteiger partial charge is 0.467 e. The third kappa shape index (κ3) is 5.78. The van der Waals surface area contributed by atoms with Crippen LogP contribution in [0.15, 0.2) is 51.4 Å². The Balaban J connectivity index is 1.23. The molecule has 1 aliphatic heterocycles. The highest BCUT2D eigenvalue weighted by Crippen LogP contribution is 2.28. The van der Waals surface area contributed by atoms with E-state index in [0.717, 1.165) is 9.47 Å². The summed E-state index contributed by atoms with van der Waals surface area (Å²) < 4.78 is 5.93. The molecule has 1 aromatic carbocycles. The van der Waals surface area contributed by atoms with Gasteiger partial charge in [0, 0.05) is 36.8 Å². The van der Waals surface area contributed by atoms with Crippen molar-refractivity contribution in [3.63, 3.8) is 0 Å². The number of amides is 2. The minimum absolute atomic E-state index is 0.0174. The van der Waals surface area contributed by atoms with Crippen molar-refractivity contribution in [2.75, 3.05) is 36.8 Å². The Morgan fingerprint density at radius 3 is 2.74 bits per heavy atom. The molecule has 11 heteroatoms. The van der Waals surface area contributed by atoms with Crippen LogP contribution < -0.4 is 10.2 Å². The Bertz CT molecular complexity index is 1040. The first-order chi connectivity index (χ1) is 15.1. The fraction of sp³-hybridized carbons (Fsp3) is 0.300. The zero-order valence-electron chi connectivity index (χ0n) is 16.5. The Hall–Kier alpha value is -2.56. The summed E-state index contributed by atoms with van der Waals surface area (Å²) in [5, 5.41) is 12.6. The lowest BCUT2D eigenvalue weighted by atomic mass is 10.2. The van der Waals surface area contributed by atoms with Gasteiger partial charge in [0.1, 0.15) is 5.76 Å². The van der Waals surface area contributed by atoms with Gasteiger partial charge in [0.15, 0.2) is 4.34 Å². The third-order valence-corrected chi connectivity index (χ3v) is 7.02. The Morgan fingerprint density at radius 2 is 2.00 bits per heavy atom. The molecule has 1 saturated heterocycles. The molecule has 1 fully saturated rings. The zero-order chi connectivity index (χ0) is 21.6. The Kier molecular flexibility index (Phi) is 7.10. The molecule has 0 saturated carbocycles. The van der Waals surface area contributed by atoms with Crippen molar-refractivity contribution >= 4 is 51.6 Å². The molecule has 2 amide bonds. The molecule has 0 spiro atoms. The van der Waals surface area contributed by atoms with E-state index in [4.69, 9.17) is 16.0 Å². The highest BCUT2D eigenvalue weighted by molar-refractivity contribution is 8.01. The molecule has 0 bridgehead atoms. The van der Waals surface area contributed by atoms with Gasteiger partial charge in [-0.3, -0.25) is 9.59 Å². The first kappa shape index (κ1) is 21.7. The maximum atomic E-state index is 12.7. The minimum Gasteiger partial charge on any atom is -0.467 e. The number of carbonyl (C=O) groups is 2. The van der Waals surface area contributed by atoms with Crippen LogP contribution in [-0.2, 0) is 11.3 Å². The summed E-state index contributed by atoms with van der Waals surface area (Å²) >= 11 is 8.80. The number of nitrogens with zero attached hydrogens (tertiary/aromatic N) is 4. The molecule has 2 aromatic heterocycles. The maximum Gasteiger partial charge on any atom is 0.254 e. The average Bonchev–Trinajstić information content (AvgIpc) is 3.48. The fourth-order valence-electron chi connectivity index (χ4n) is 3.07. The highest BCUT2D eigenvalue weighted by atomic mass is 35.5. The van der Waals surface area contributed by atoms with Crippen LogP contribution in [0.2, 0.25) is 5.02 Å². The second kappa shape index (κ2) is 10.2. The van der Waals surface area contributed by atoms with Gasteiger partial charge in [-0.05, 0) is 30.3 Å². The molecule has 162 valence electrons. The number of carbonyl (C=O) groups excluding carboxylic acids is 2. The van der Waals surface area contributed by atoms with Crippen molar-refractivity contribution in [1.29, 1.82) is 0 Å². The Morgan fingerprint density at radius 1 is 1.16 bits per heavy atom. The first-order valence-corrected chi connectivity index (χ1v) is 11.8. The second-order valence-electron chi connectivity index (χ2n) is 6.78.